The van der Waals surface area contributed by atoms with E-state index in [1.807, 2.05) is 11.8 Å². The summed E-state index contributed by atoms with van der Waals surface area (Å²) in [5.74, 6) is 0.244. The Labute approximate surface area is 109 Å². The highest BCUT2D eigenvalue weighted by Gasteiger charge is 2.37. The normalized spacial score (nSPS) is 26.9. The van der Waals surface area contributed by atoms with Crippen molar-refractivity contribution in [2.45, 2.75) is 32.4 Å². The highest BCUT2D eigenvalue weighted by Crippen LogP contribution is 2.20. The highest BCUT2D eigenvalue weighted by molar-refractivity contribution is 5.81. The lowest BCUT2D eigenvalue weighted by Gasteiger charge is -2.46. The molecule has 1 N–H and O–H groups in total. The zero-order valence-electron chi connectivity index (χ0n) is 11.7. The van der Waals surface area contributed by atoms with Crippen molar-refractivity contribution >= 4 is 5.91 Å². The van der Waals surface area contributed by atoms with Crippen molar-refractivity contribution in [3.8, 4) is 0 Å². The monoisotopic (exact) mass is 255 g/mol. The van der Waals surface area contributed by atoms with E-state index in [-0.39, 0.29) is 17.5 Å². The molecule has 1 atom stereocenters. The maximum Gasteiger partial charge on any atom is 0.239 e. The molecule has 1 amide bonds. The number of morpholine rings is 1. The number of amides is 1. The maximum absolute atomic E-state index is 12.5. The average molecular weight is 255 g/mol. The Morgan fingerprint density at radius 2 is 1.94 bits per heavy atom. The van der Waals surface area contributed by atoms with Gasteiger partial charge in [-0.3, -0.25) is 9.69 Å². The SMILES string of the molecule is CC(C(=O)N1CCOCC1)N1CCNCC1(C)C. The van der Waals surface area contributed by atoms with Gasteiger partial charge in [-0.1, -0.05) is 0 Å². The Bertz CT molecular complexity index is 301. The predicted octanol–water partition coefficient (Wildman–Crippen LogP) is -0.0825. The molecule has 0 saturated carbocycles. The number of piperazine rings is 1. The van der Waals surface area contributed by atoms with Crippen LogP contribution in [0.2, 0.25) is 0 Å². The zero-order chi connectivity index (χ0) is 13.2. The first-order valence-electron chi connectivity index (χ1n) is 6.86. The molecule has 2 fully saturated rings. The van der Waals surface area contributed by atoms with Crippen molar-refractivity contribution in [3.05, 3.63) is 0 Å². The molecule has 0 radical (unpaired) electrons. The van der Waals surface area contributed by atoms with Crippen LogP contribution in [0.5, 0.6) is 0 Å². The van der Waals surface area contributed by atoms with Crippen molar-refractivity contribution in [1.82, 2.24) is 15.1 Å². The molecule has 18 heavy (non-hydrogen) atoms. The van der Waals surface area contributed by atoms with Gasteiger partial charge in [0.05, 0.1) is 19.3 Å². The van der Waals surface area contributed by atoms with Crippen LogP contribution < -0.4 is 5.32 Å². The van der Waals surface area contributed by atoms with Gasteiger partial charge in [-0.25, -0.2) is 0 Å². The van der Waals surface area contributed by atoms with E-state index in [0.717, 1.165) is 32.7 Å². The molecular formula is C13H25N3O2. The van der Waals surface area contributed by atoms with Gasteiger partial charge < -0.3 is 15.0 Å². The molecule has 0 aromatic rings. The van der Waals surface area contributed by atoms with Gasteiger partial charge in [0.1, 0.15) is 0 Å². The second-order valence-electron chi connectivity index (χ2n) is 5.80. The van der Waals surface area contributed by atoms with Crippen LogP contribution >= 0.6 is 0 Å². The fourth-order valence-electron chi connectivity index (χ4n) is 2.90. The van der Waals surface area contributed by atoms with Crippen molar-refractivity contribution in [2.75, 3.05) is 45.9 Å². The Kier molecular flexibility index (Phi) is 4.25. The topological polar surface area (TPSA) is 44.8 Å². The molecule has 0 spiro atoms. The third kappa shape index (κ3) is 2.84. The molecule has 2 heterocycles. The van der Waals surface area contributed by atoms with E-state index in [0.29, 0.717) is 13.2 Å². The molecular weight excluding hydrogens is 230 g/mol. The minimum Gasteiger partial charge on any atom is -0.378 e. The summed E-state index contributed by atoms with van der Waals surface area (Å²) >= 11 is 0. The number of ether oxygens (including phenoxy) is 1. The van der Waals surface area contributed by atoms with Crippen LogP contribution in [-0.4, -0.2) is 73.2 Å². The third-order valence-electron chi connectivity index (χ3n) is 4.01. The predicted molar refractivity (Wildman–Crippen MR) is 70.5 cm³/mol. The summed E-state index contributed by atoms with van der Waals surface area (Å²) in [4.78, 5) is 16.8. The molecule has 5 nitrogen and oxygen atoms in total. The average Bonchev–Trinajstić information content (AvgIpc) is 2.37. The Morgan fingerprint density at radius 3 is 2.56 bits per heavy atom. The smallest absolute Gasteiger partial charge is 0.239 e. The lowest BCUT2D eigenvalue weighted by molar-refractivity contribution is -0.143. The van der Waals surface area contributed by atoms with Crippen LogP contribution in [0.15, 0.2) is 0 Å². The first-order chi connectivity index (χ1) is 8.52. The molecule has 1 unspecified atom stereocenters. The van der Waals surface area contributed by atoms with E-state index < -0.39 is 0 Å². The maximum atomic E-state index is 12.5. The summed E-state index contributed by atoms with van der Waals surface area (Å²) in [6.07, 6.45) is 0. The summed E-state index contributed by atoms with van der Waals surface area (Å²) in [6.45, 7) is 12.1. The van der Waals surface area contributed by atoms with Gasteiger partial charge in [0.25, 0.3) is 0 Å². The molecule has 104 valence electrons. The molecule has 2 saturated heterocycles. The Balaban J connectivity index is 2.00. The number of nitrogens with one attached hydrogen (secondary N) is 1. The van der Waals surface area contributed by atoms with E-state index in [4.69, 9.17) is 4.74 Å². The van der Waals surface area contributed by atoms with E-state index in [1.165, 1.54) is 0 Å². The summed E-state index contributed by atoms with van der Waals surface area (Å²) < 4.78 is 5.30. The molecule has 0 bridgehead atoms. The quantitative estimate of drug-likeness (QED) is 0.749. The number of rotatable bonds is 2. The number of carbonyl (C=O) groups is 1. The van der Waals surface area contributed by atoms with Crippen molar-refractivity contribution in [1.29, 1.82) is 0 Å². The lowest BCUT2D eigenvalue weighted by atomic mass is 9.97. The molecule has 0 aromatic carbocycles. The fourth-order valence-corrected chi connectivity index (χ4v) is 2.90. The molecule has 2 rings (SSSR count). The highest BCUT2D eigenvalue weighted by atomic mass is 16.5. The van der Waals surface area contributed by atoms with Gasteiger partial charge >= 0.3 is 0 Å². The standard InChI is InChI=1S/C13H25N3O2/c1-11(12(17)15-6-8-18-9-7-15)16-5-4-14-10-13(16,2)3/h11,14H,4-10H2,1-3H3. The van der Waals surface area contributed by atoms with Gasteiger partial charge in [0.2, 0.25) is 5.91 Å². The van der Waals surface area contributed by atoms with Gasteiger partial charge in [-0.15, -0.1) is 0 Å². The molecule has 2 aliphatic rings. The molecule has 0 aromatic heterocycles. The van der Waals surface area contributed by atoms with E-state index in [1.54, 1.807) is 0 Å². The van der Waals surface area contributed by atoms with E-state index in [9.17, 15) is 4.79 Å². The molecule has 2 aliphatic heterocycles. The molecule has 0 aliphatic carbocycles. The fraction of sp³-hybridized carbons (Fsp3) is 0.923. The summed E-state index contributed by atoms with van der Waals surface area (Å²) in [6, 6.07) is -0.0415. The Hall–Kier alpha value is -0.650. The van der Waals surface area contributed by atoms with Gasteiger partial charge in [-0.05, 0) is 20.8 Å². The summed E-state index contributed by atoms with van der Waals surface area (Å²) in [5.41, 5.74) is 0.0413. The van der Waals surface area contributed by atoms with Crippen molar-refractivity contribution in [2.24, 2.45) is 0 Å². The summed E-state index contributed by atoms with van der Waals surface area (Å²) in [5, 5.41) is 3.39. The Morgan fingerprint density at radius 1 is 1.28 bits per heavy atom. The van der Waals surface area contributed by atoms with Gasteiger partial charge in [0, 0.05) is 38.3 Å². The van der Waals surface area contributed by atoms with Gasteiger partial charge in [0.15, 0.2) is 0 Å². The minimum atomic E-state index is -0.0415. The van der Waals surface area contributed by atoms with Crippen molar-refractivity contribution in [3.63, 3.8) is 0 Å². The lowest BCUT2D eigenvalue weighted by Crippen LogP contribution is -2.64. The first kappa shape index (κ1) is 13.8. The van der Waals surface area contributed by atoms with E-state index >= 15 is 0 Å². The van der Waals surface area contributed by atoms with Crippen LogP contribution in [0.4, 0.5) is 0 Å². The van der Waals surface area contributed by atoms with E-state index in [2.05, 4.69) is 24.1 Å². The third-order valence-corrected chi connectivity index (χ3v) is 4.01. The number of hydrogen-bond donors (Lipinski definition) is 1. The number of hydrogen-bond acceptors (Lipinski definition) is 4. The van der Waals surface area contributed by atoms with Crippen LogP contribution in [-0.2, 0) is 9.53 Å². The largest absolute Gasteiger partial charge is 0.378 e. The number of carbonyl (C=O) groups excluding carboxylic acids is 1. The number of nitrogens with zero attached hydrogens (tertiary/aromatic N) is 2. The second kappa shape index (κ2) is 5.55. The summed E-state index contributed by atoms with van der Waals surface area (Å²) in [7, 11) is 0. The zero-order valence-corrected chi connectivity index (χ0v) is 11.7. The van der Waals surface area contributed by atoms with Crippen molar-refractivity contribution < 1.29 is 9.53 Å². The van der Waals surface area contributed by atoms with Crippen LogP contribution in [0.1, 0.15) is 20.8 Å². The van der Waals surface area contributed by atoms with Gasteiger partial charge in [-0.2, -0.15) is 0 Å². The second-order valence-corrected chi connectivity index (χ2v) is 5.80. The van der Waals surface area contributed by atoms with Crippen LogP contribution in [0.3, 0.4) is 0 Å². The van der Waals surface area contributed by atoms with Crippen LogP contribution in [0, 0.1) is 0 Å². The van der Waals surface area contributed by atoms with Crippen LogP contribution in [0.25, 0.3) is 0 Å². The minimum absolute atomic E-state index is 0.0413. The first-order valence-corrected chi connectivity index (χ1v) is 6.86. The molecule has 5 heteroatoms.